The molecule has 0 aromatic rings. The number of carbonyl (C=O) groups is 3. The Balaban J connectivity index is 1.74. The summed E-state index contributed by atoms with van der Waals surface area (Å²) in [6, 6.07) is -1.09. The maximum Gasteiger partial charge on any atom is 0.310 e. The van der Waals surface area contributed by atoms with E-state index in [0.717, 1.165) is 25.7 Å². The SMILES string of the molecule is C=CCCOC(=O)[C@H]1[C@@H]2SC3(CC2Br)C(C(=O)N(CC=C)C2CCCCC2)N([C@@H](CC)CO)C(=O)[C@H]13. The molecule has 7 atom stereocenters. The second kappa shape index (κ2) is 11.6. The summed E-state index contributed by atoms with van der Waals surface area (Å²) in [4.78, 5) is 45.5. The molecule has 0 radical (unpaired) electrons. The van der Waals surface area contributed by atoms with Crippen LogP contribution in [0.4, 0.5) is 0 Å². The molecule has 3 saturated heterocycles. The molecule has 2 bridgehead atoms. The predicted molar refractivity (Wildman–Crippen MR) is 145 cm³/mol. The molecule has 0 aromatic carbocycles. The number of esters is 1. The van der Waals surface area contributed by atoms with Crippen molar-refractivity contribution in [2.45, 2.75) is 91.2 Å². The molecular weight excluding hydrogens is 544 g/mol. The molecule has 3 unspecified atom stereocenters. The van der Waals surface area contributed by atoms with Crippen LogP contribution < -0.4 is 0 Å². The van der Waals surface area contributed by atoms with Gasteiger partial charge in [-0.15, -0.1) is 24.9 Å². The minimum Gasteiger partial charge on any atom is -0.465 e. The molecule has 4 fully saturated rings. The number of halogens is 1. The van der Waals surface area contributed by atoms with E-state index >= 15 is 0 Å². The lowest BCUT2D eigenvalue weighted by atomic mass is 9.71. The number of likely N-dealkylation sites (tertiary alicyclic amines) is 1. The summed E-state index contributed by atoms with van der Waals surface area (Å²) < 4.78 is 4.84. The van der Waals surface area contributed by atoms with E-state index in [1.165, 1.54) is 6.42 Å². The number of rotatable bonds is 11. The molecule has 1 N–H and O–H groups in total. The molecule has 4 aliphatic rings. The van der Waals surface area contributed by atoms with Crippen LogP contribution in [0.1, 0.15) is 58.3 Å². The first-order chi connectivity index (χ1) is 17.4. The number of hydrogen-bond donors (Lipinski definition) is 1. The molecule has 4 rings (SSSR count). The van der Waals surface area contributed by atoms with Gasteiger partial charge in [0.15, 0.2) is 0 Å². The first-order valence-electron chi connectivity index (χ1n) is 13.3. The van der Waals surface area contributed by atoms with Gasteiger partial charge in [0.2, 0.25) is 11.8 Å². The fourth-order valence-corrected chi connectivity index (χ4v) is 10.5. The number of aliphatic hydroxyl groups excluding tert-OH is 1. The molecule has 3 heterocycles. The third kappa shape index (κ3) is 4.57. The highest BCUT2D eigenvalue weighted by atomic mass is 79.9. The van der Waals surface area contributed by atoms with Gasteiger partial charge >= 0.3 is 5.97 Å². The van der Waals surface area contributed by atoms with Crippen LogP contribution in [0.25, 0.3) is 0 Å². The minimum atomic E-state index is -0.730. The van der Waals surface area contributed by atoms with E-state index in [-0.39, 0.29) is 47.1 Å². The van der Waals surface area contributed by atoms with Gasteiger partial charge in [0, 0.05) is 22.7 Å². The first kappa shape index (κ1) is 27.7. The summed E-state index contributed by atoms with van der Waals surface area (Å²) in [6.45, 7) is 9.94. The van der Waals surface area contributed by atoms with E-state index in [1.807, 2.05) is 11.8 Å². The molecule has 1 aliphatic carbocycles. The summed E-state index contributed by atoms with van der Waals surface area (Å²) in [5, 5.41) is 10.1. The fraction of sp³-hybridized carbons (Fsp3) is 0.741. The van der Waals surface area contributed by atoms with Crippen molar-refractivity contribution >= 4 is 45.5 Å². The molecular formula is C27H39BrN2O5S. The van der Waals surface area contributed by atoms with Gasteiger partial charge in [0.25, 0.3) is 0 Å². The standard InChI is InChI=1S/C27H39BrN2O5S/c1-4-7-14-35-26(34)20-21-24(32)30(17(6-3)16-31)23(27(21)15-19(28)22(20)36-27)25(33)29(13-5-2)18-11-9-8-10-12-18/h4-5,17-23,31H,1-2,6-16H2,3H3/t17-,19?,20+,21-,22+,23?,27?/m0/s1. The Bertz CT molecular complexity index is 876. The zero-order valence-electron chi connectivity index (χ0n) is 21.1. The minimum absolute atomic E-state index is 0.00417. The summed E-state index contributed by atoms with van der Waals surface area (Å²) in [5.41, 5.74) is 0. The number of nitrogens with zero attached hydrogens (tertiary/aromatic N) is 2. The third-order valence-electron chi connectivity index (χ3n) is 8.50. The number of carbonyl (C=O) groups excluding carboxylic acids is 3. The molecule has 2 amide bonds. The number of thioether (sulfide) groups is 1. The van der Waals surface area contributed by atoms with Gasteiger partial charge in [-0.25, -0.2) is 0 Å². The Morgan fingerprint density at radius 3 is 2.64 bits per heavy atom. The maximum absolute atomic E-state index is 14.5. The van der Waals surface area contributed by atoms with Crippen LogP contribution in [0, 0.1) is 11.8 Å². The number of alkyl halides is 1. The average Bonchev–Trinajstić information content (AvgIpc) is 3.47. The van der Waals surface area contributed by atoms with Crippen molar-refractivity contribution in [3.05, 3.63) is 25.3 Å². The van der Waals surface area contributed by atoms with Crippen molar-refractivity contribution in [2.24, 2.45) is 11.8 Å². The van der Waals surface area contributed by atoms with E-state index in [1.54, 1.807) is 28.8 Å². The second-order valence-corrected chi connectivity index (χ2v) is 13.2. The maximum atomic E-state index is 14.5. The number of hydrogen-bond acceptors (Lipinski definition) is 6. The zero-order valence-corrected chi connectivity index (χ0v) is 23.6. The summed E-state index contributed by atoms with van der Waals surface area (Å²) in [5.74, 6) is -1.90. The van der Waals surface area contributed by atoms with Gasteiger partial charge in [-0.3, -0.25) is 14.4 Å². The van der Waals surface area contributed by atoms with E-state index < -0.39 is 28.7 Å². The van der Waals surface area contributed by atoms with Crippen molar-refractivity contribution in [2.75, 3.05) is 19.8 Å². The molecule has 3 aliphatic heterocycles. The Kier molecular flexibility index (Phi) is 8.93. The van der Waals surface area contributed by atoms with Crippen LogP contribution in [-0.4, -0.2) is 85.4 Å². The van der Waals surface area contributed by atoms with Crippen molar-refractivity contribution in [3.63, 3.8) is 0 Å². The highest BCUT2D eigenvalue weighted by Crippen LogP contribution is 2.68. The normalized spacial score (nSPS) is 34.4. The van der Waals surface area contributed by atoms with Gasteiger partial charge in [-0.1, -0.05) is 54.3 Å². The number of ether oxygens (including phenoxy) is 1. The predicted octanol–water partition coefficient (Wildman–Crippen LogP) is 3.69. The van der Waals surface area contributed by atoms with Gasteiger partial charge in [-0.2, -0.15) is 0 Å². The van der Waals surface area contributed by atoms with Crippen molar-refractivity contribution in [1.29, 1.82) is 0 Å². The molecule has 36 heavy (non-hydrogen) atoms. The molecule has 200 valence electrons. The third-order valence-corrected chi connectivity index (χ3v) is 11.7. The summed E-state index contributed by atoms with van der Waals surface area (Å²) >= 11 is 5.40. The zero-order chi connectivity index (χ0) is 26.0. The van der Waals surface area contributed by atoms with Crippen LogP contribution >= 0.6 is 27.7 Å². The van der Waals surface area contributed by atoms with E-state index in [9.17, 15) is 19.5 Å². The lowest BCUT2D eigenvalue weighted by molar-refractivity contribution is -0.154. The van der Waals surface area contributed by atoms with Crippen molar-refractivity contribution < 1.29 is 24.2 Å². The van der Waals surface area contributed by atoms with Gasteiger partial charge in [-0.05, 0) is 32.1 Å². The van der Waals surface area contributed by atoms with Crippen LogP contribution in [0.15, 0.2) is 25.3 Å². The van der Waals surface area contributed by atoms with Gasteiger partial charge in [0.05, 0.1) is 35.8 Å². The van der Waals surface area contributed by atoms with Crippen LogP contribution in [-0.2, 0) is 19.1 Å². The number of amides is 2. The lowest BCUT2D eigenvalue weighted by Gasteiger charge is -2.42. The second-order valence-electron chi connectivity index (χ2n) is 10.5. The van der Waals surface area contributed by atoms with E-state index in [0.29, 0.717) is 25.8 Å². The Morgan fingerprint density at radius 2 is 2.03 bits per heavy atom. The topological polar surface area (TPSA) is 87.2 Å². The van der Waals surface area contributed by atoms with Gasteiger partial charge in [0.1, 0.15) is 6.04 Å². The highest BCUT2D eigenvalue weighted by molar-refractivity contribution is 9.09. The average molecular weight is 584 g/mol. The molecule has 9 heteroatoms. The lowest BCUT2D eigenvalue weighted by Crippen LogP contribution is -2.59. The number of fused-ring (bicyclic) bond motifs is 1. The Morgan fingerprint density at radius 1 is 1.31 bits per heavy atom. The summed E-state index contributed by atoms with van der Waals surface area (Å²) in [6.07, 6.45) is 10.4. The first-order valence-corrected chi connectivity index (χ1v) is 15.1. The molecule has 1 spiro atoms. The van der Waals surface area contributed by atoms with Crippen LogP contribution in [0.2, 0.25) is 0 Å². The summed E-state index contributed by atoms with van der Waals surface area (Å²) in [7, 11) is 0. The molecule has 7 nitrogen and oxygen atoms in total. The van der Waals surface area contributed by atoms with E-state index in [2.05, 4.69) is 29.1 Å². The van der Waals surface area contributed by atoms with Crippen molar-refractivity contribution in [3.8, 4) is 0 Å². The Labute approximate surface area is 227 Å². The molecule has 0 aromatic heterocycles. The van der Waals surface area contributed by atoms with E-state index in [4.69, 9.17) is 4.74 Å². The molecule has 1 saturated carbocycles. The quantitative estimate of drug-likeness (QED) is 0.173. The van der Waals surface area contributed by atoms with Gasteiger partial charge < -0.3 is 19.6 Å². The Hall–Kier alpha value is -1.32. The fourth-order valence-electron chi connectivity index (χ4n) is 6.87. The largest absolute Gasteiger partial charge is 0.465 e. The number of aliphatic hydroxyl groups is 1. The monoisotopic (exact) mass is 582 g/mol. The smallest absolute Gasteiger partial charge is 0.310 e. The van der Waals surface area contributed by atoms with Crippen molar-refractivity contribution in [1.82, 2.24) is 9.80 Å². The van der Waals surface area contributed by atoms with Crippen LogP contribution in [0.3, 0.4) is 0 Å². The van der Waals surface area contributed by atoms with Crippen LogP contribution in [0.5, 0.6) is 0 Å². The highest BCUT2D eigenvalue weighted by Gasteiger charge is 2.76.